The Kier molecular flexibility index (Phi) is 5.22. The third kappa shape index (κ3) is 3.72. The van der Waals surface area contributed by atoms with E-state index in [4.69, 9.17) is 0 Å². The smallest absolute Gasteiger partial charge is 0.234 e. The summed E-state index contributed by atoms with van der Waals surface area (Å²) < 4.78 is 1.92. The highest BCUT2D eigenvalue weighted by Gasteiger charge is 2.24. The van der Waals surface area contributed by atoms with Gasteiger partial charge in [0.2, 0.25) is 5.91 Å². The molecular formula is C23H25N5OS2. The van der Waals surface area contributed by atoms with E-state index in [9.17, 15) is 4.79 Å². The van der Waals surface area contributed by atoms with Crippen LogP contribution in [0.2, 0.25) is 0 Å². The summed E-state index contributed by atoms with van der Waals surface area (Å²) in [6, 6.07) is 4.17. The summed E-state index contributed by atoms with van der Waals surface area (Å²) in [5, 5.41) is 13.7. The van der Waals surface area contributed by atoms with Gasteiger partial charge in [-0.2, -0.15) is 0 Å². The molecule has 0 fully saturated rings. The van der Waals surface area contributed by atoms with E-state index >= 15 is 0 Å². The summed E-state index contributed by atoms with van der Waals surface area (Å²) in [6.07, 6.45) is 5.19. The van der Waals surface area contributed by atoms with E-state index in [0.29, 0.717) is 5.16 Å². The lowest BCUT2D eigenvalue weighted by atomic mass is 9.89. The fourth-order valence-corrected chi connectivity index (χ4v) is 6.55. The molecule has 1 atom stereocenters. The second kappa shape index (κ2) is 7.91. The van der Waals surface area contributed by atoms with E-state index in [1.807, 2.05) is 18.2 Å². The molecule has 0 spiro atoms. The van der Waals surface area contributed by atoms with Crippen LogP contribution in [0, 0.1) is 26.7 Å². The molecule has 0 saturated carbocycles. The number of rotatable bonds is 4. The molecule has 1 aromatic carbocycles. The molecule has 31 heavy (non-hydrogen) atoms. The monoisotopic (exact) mass is 451 g/mol. The number of carbonyl (C=O) groups is 1. The van der Waals surface area contributed by atoms with Crippen molar-refractivity contribution in [2.24, 2.45) is 5.92 Å². The van der Waals surface area contributed by atoms with Gasteiger partial charge in [-0.15, -0.1) is 21.5 Å². The molecule has 1 aliphatic carbocycles. The highest BCUT2D eigenvalue weighted by molar-refractivity contribution is 7.99. The van der Waals surface area contributed by atoms with Gasteiger partial charge < -0.3 is 5.32 Å². The lowest BCUT2D eigenvalue weighted by Gasteiger charge is -2.17. The Balaban J connectivity index is 1.38. The highest BCUT2D eigenvalue weighted by Crippen LogP contribution is 2.39. The fourth-order valence-electron chi connectivity index (χ4n) is 4.50. The Morgan fingerprint density at radius 3 is 2.81 bits per heavy atom. The first-order chi connectivity index (χ1) is 14.9. The minimum atomic E-state index is -0.0484. The minimum Gasteiger partial charge on any atom is -0.325 e. The number of benzene rings is 1. The Hall–Kier alpha value is -2.45. The number of anilines is 1. The Morgan fingerprint density at radius 1 is 1.26 bits per heavy atom. The SMILES string of the molecule is Cc1cc(C)c(NC(=O)CSc2nnc3c4c5c(sc4ncn23)C[C@@H](C)CC5)c(C)c1. The lowest BCUT2D eigenvalue weighted by molar-refractivity contribution is -0.113. The summed E-state index contributed by atoms with van der Waals surface area (Å²) in [4.78, 5) is 19.8. The number of fused-ring (bicyclic) bond motifs is 5. The minimum absolute atomic E-state index is 0.0484. The predicted octanol–water partition coefficient (Wildman–Crippen LogP) is 5.12. The van der Waals surface area contributed by atoms with Crippen LogP contribution in [0.4, 0.5) is 5.69 Å². The fraction of sp³-hybridized carbons (Fsp3) is 0.391. The van der Waals surface area contributed by atoms with Crippen LogP contribution in [0.15, 0.2) is 23.6 Å². The number of aromatic nitrogens is 4. The molecule has 1 N–H and O–H groups in total. The van der Waals surface area contributed by atoms with Crippen LogP contribution in [0.1, 0.15) is 40.5 Å². The molecule has 0 radical (unpaired) electrons. The average Bonchev–Trinajstić information content (AvgIpc) is 3.29. The topological polar surface area (TPSA) is 72.2 Å². The van der Waals surface area contributed by atoms with Gasteiger partial charge >= 0.3 is 0 Å². The number of hydrogen-bond acceptors (Lipinski definition) is 6. The van der Waals surface area contributed by atoms with Crippen LogP contribution in [0.25, 0.3) is 15.9 Å². The first kappa shape index (κ1) is 20.5. The number of thiophene rings is 1. The van der Waals surface area contributed by atoms with Gasteiger partial charge in [0.1, 0.15) is 11.2 Å². The quantitative estimate of drug-likeness (QED) is 0.436. The average molecular weight is 452 g/mol. The highest BCUT2D eigenvalue weighted by atomic mass is 32.2. The molecule has 3 aromatic heterocycles. The van der Waals surface area contributed by atoms with Gasteiger partial charge in [-0.05, 0) is 62.6 Å². The largest absolute Gasteiger partial charge is 0.325 e. The molecular weight excluding hydrogens is 426 g/mol. The molecule has 4 aromatic rings. The normalized spacial score (nSPS) is 16.1. The molecule has 1 aliphatic rings. The summed E-state index contributed by atoms with van der Waals surface area (Å²) >= 11 is 3.18. The molecule has 6 nitrogen and oxygen atoms in total. The van der Waals surface area contributed by atoms with Crippen LogP contribution in [-0.2, 0) is 17.6 Å². The molecule has 0 aliphatic heterocycles. The first-order valence-corrected chi connectivity index (χ1v) is 12.4. The van der Waals surface area contributed by atoms with Crippen molar-refractivity contribution in [3.8, 4) is 0 Å². The van der Waals surface area contributed by atoms with Gasteiger partial charge in [0.05, 0.1) is 11.1 Å². The van der Waals surface area contributed by atoms with Crippen molar-refractivity contribution in [1.82, 2.24) is 19.6 Å². The van der Waals surface area contributed by atoms with E-state index in [0.717, 1.165) is 51.4 Å². The number of nitrogens with one attached hydrogen (secondary N) is 1. The first-order valence-electron chi connectivity index (χ1n) is 10.5. The van der Waals surface area contributed by atoms with Crippen LogP contribution in [0.5, 0.6) is 0 Å². The summed E-state index contributed by atoms with van der Waals surface area (Å²) in [6.45, 7) is 8.42. The zero-order chi connectivity index (χ0) is 21.7. The van der Waals surface area contributed by atoms with Crippen LogP contribution < -0.4 is 5.32 Å². The molecule has 0 unspecified atom stereocenters. The predicted molar refractivity (Wildman–Crippen MR) is 127 cm³/mol. The maximum Gasteiger partial charge on any atom is 0.234 e. The van der Waals surface area contributed by atoms with E-state index in [2.05, 4.69) is 46.5 Å². The third-order valence-electron chi connectivity index (χ3n) is 5.95. The zero-order valence-corrected chi connectivity index (χ0v) is 19.8. The van der Waals surface area contributed by atoms with Crippen molar-refractivity contribution in [3.05, 3.63) is 45.6 Å². The van der Waals surface area contributed by atoms with E-state index in [1.165, 1.54) is 34.2 Å². The number of thioether (sulfide) groups is 1. The standard InChI is InChI=1S/C23H25N5OS2/c1-12-5-6-16-17(9-12)31-22-19(16)21-26-27-23(28(21)11-24-22)30-10-18(29)25-20-14(3)7-13(2)8-15(20)4/h7-8,11-12H,5-6,9-10H2,1-4H3,(H,25,29)/t12-/m0/s1. The van der Waals surface area contributed by atoms with Crippen LogP contribution in [0.3, 0.4) is 0 Å². The van der Waals surface area contributed by atoms with Gasteiger partial charge in [0, 0.05) is 10.6 Å². The molecule has 8 heteroatoms. The van der Waals surface area contributed by atoms with Crippen LogP contribution >= 0.6 is 23.1 Å². The number of hydrogen-bond donors (Lipinski definition) is 1. The Labute approximate surface area is 189 Å². The summed E-state index contributed by atoms with van der Waals surface area (Å²) in [5.41, 5.74) is 6.48. The van der Waals surface area contributed by atoms with Crippen molar-refractivity contribution in [2.75, 3.05) is 11.1 Å². The molecule has 160 valence electrons. The third-order valence-corrected chi connectivity index (χ3v) is 8.05. The van der Waals surface area contributed by atoms with Gasteiger partial charge in [0.15, 0.2) is 10.8 Å². The summed E-state index contributed by atoms with van der Waals surface area (Å²) in [5.74, 6) is 0.942. The van der Waals surface area contributed by atoms with Gasteiger partial charge in [-0.25, -0.2) is 4.98 Å². The molecule has 0 saturated heterocycles. The number of aryl methyl sites for hydroxylation is 4. The number of carbonyl (C=O) groups excluding carboxylic acids is 1. The molecule has 0 bridgehead atoms. The van der Waals surface area contributed by atoms with Gasteiger partial charge in [-0.3, -0.25) is 9.20 Å². The number of nitrogens with zero attached hydrogens (tertiary/aromatic N) is 4. The Morgan fingerprint density at radius 2 is 2.03 bits per heavy atom. The van der Waals surface area contributed by atoms with Crippen molar-refractivity contribution in [2.45, 2.75) is 52.1 Å². The molecule has 5 rings (SSSR count). The zero-order valence-electron chi connectivity index (χ0n) is 18.2. The summed E-state index contributed by atoms with van der Waals surface area (Å²) in [7, 11) is 0. The van der Waals surface area contributed by atoms with E-state index < -0.39 is 0 Å². The van der Waals surface area contributed by atoms with Crippen molar-refractivity contribution in [1.29, 1.82) is 0 Å². The maximum absolute atomic E-state index is 12.6. The van der Waals surface area contributed by atoms with Crippen molar-refractivity contribution >= 4 is 50.6 Å². The lowest BCUT2D eigenvalue weighted by Crippen LogP contribution is -2.16. The molecule has 3 heterocycles. The maximum atomic E-state index is 12.6. The Bertz CT molecular complexity index is 1300. The van der Waals surface area contributed by atoms with E-state index in [-0.39, 0.29) is 11.7 Å². The van der Waals surface area contributed by atoms with Crippen molar-refractivity contribution in [3.63, 3.8) is 0 Å². The van der Waals surface area contributed by atoms with Crippen molar-refractivity contribution < 1.29 is 4.79 Å². The van der Waals surface area contributed by atoms with Gasteiger partial charge in [0.25, 0.3) is 0 Å². The molecule has 1 amide bonds. The second-order valence-corrected chi connectivity index (χ2v) is 10.6. The van der Waals surface area contributed by atoms with Gasteiger partial charge in [-0.1, -0.05) is 36.4 Å². The second-order valence-electron chi connectivity index (χ2n) is 8.56. The van der Waals surface area contributed by atoms with E-state index in [1.54, 1.807) is 17.7 Å². The van der Waals surface area contributed by atoms with Crippen LogP contribution in [-0.4, -0.2) is 31.2 Å². The number of amides is 1.